The van der Waals surface area contributed by atoms with Gasteiger partial charge in [-0.05, 0) is 48.1 Å². The molecule has 1 atom stereocenters. The zero-order chi connectivity index (χ0) is 24.5. The molecule has 0 bridgehead atoms. The van der Waals surface area contributed by atoms with Gasteiger partial charge in [0.25, 0.3) is 0 Å². The van der Waals surface area contributed by atoms with E-state index in [-0.39, 0.29) is 17.9 Å². The lowest BCUT2D eigenvalue weighted by Gasteiger charge is -2.32. The molecule has 182 valence electrons. The van der Waals surface area contributed by atoms with E-state index >= 15 is 0 Å². The van der Waals surface area contributed by atoms with Crippen LogP contribution < -0.4 is 5.32 Å². The molecule has 0 heterocycles. The summed E-state index contributed by atoms with van der Waals surface area (Å²) in [5.41, 5.74) is 3.18. The molecule has 0 radical (unpaired) electrons. The number of carbonyl (C=O) groups is 2. The van der Waals surface area contributed by atoms with Crippen molar-refractivity contribution in [2.24, 2.45) is 0 Å². The van der Waals surface area contributed by atoms with Crippen molar-refractivity contribution in [3.8, 4) is 0 Å². The van der Waals surface area contributed by atoms with Crippen molar-refractivity contribution in [2.45, 2.75) is 63.6 Å². The maximum Gasteiger partial charge on any atom is 0.243 e. The molecule has 1 unspecified atom stereocenters. The number of carbonyl (C=O) groups excluding carboxylic acids is 2. The Labute approximate surface area is 216 Å². The summed E-state index contributed by atoms with van der Waals surface area (Å²) in [6, 6.07) is 27.7. The molecule has 1 N–H and O–H groups in total. The molecular weight excluding hydrogens is 500 g/mol. The van der Waals surface area contributed by atoms with Crippen molar-refractivity contribution in [3.05, 3.63) is 106 Å². The molecule has 1 aliphatic carbocycles. The quantitative estimate of drug-likeness (QED) is 0.344. The fourth-order valence-corrected chi connectivity index (χ4v) is 5.01. The number of rotatable bonds is 10. The van der Waals surface area contributed by atoms with Gasteiger partial charge >= 0.3 is 0 Å². The third kappa shape index (κ3) is 7.53. The van der Waals surface area contributed by atoms with Crippen molar-refractivity contribution in [2.75, 3.05) is 0 Å². The van der Waals surface area contributed by atoms with Crippen molar-refractivity contribution < 1.29 is 9.59 Å². The SMILES string of the molecule is O=C(NC1CCCC1)C(Cc1ccccc1)N(Cc1ccc(Br)cc1)C(=O)CCc1ccccc1. The minimum Gasteiger partial charge on any atom is -0.352 e. The highest BCUT2D eigenvalue weighted by Gasteiger charge is 2.32. The van der Waals surface area contributed by atoms with Crippen LogP contribution in [0.3, 0.4) is 0 Å². The second kappa shape index (κ2) is 12.7. The van der Waals surface area contributed by atoms with Crippen molar-refractivity contribution in [1.29, 1.82) is 0 Å². The van der Waals surface area contributed by atoms with Crippen LogP contribution in [0.15, 0.2) is 89.4 Å². The van der Waals surface area contributed by atoms with Crippen LogP contribution in [0.2, 0.25) is 0 Å². The lowest BCUT2D eigenvalue weighted by atomic mass is 10.0. The fraction of sp³-hybridized carbons (Fsp3) is 0.333. The van der Waals surface area contributed by atoms with Crippen LogP contribution in [0.5, 0.6) is 0 Å². The topological polar surface area (TPSA) is 49.4 Å². The lowest BCUT2D eigenvalue weighted by Crippen LogP contribution is -2.52. The highest BCUT2D eigenvalue weighted by Crippen LogP contribution is 2.21. The summed E-state index contributed by atoms with van der Waals surface area (Å²) < 4.78 is 0.989. The van der Waals surface area contributed by atoms with Crippen LogP contribution in [0, 0.1) is 0 Å². The molecule has 0 aliphatic heterocycles. The minimum atomic E-state index is -0.565. The molecule has 3 aromatic carbocycles. The number of halogens is 1. The molecule has 0 saturated heterocycles. The molecule has 1 fully saturated rings. The maximum absolute atomic E-state index is 13.7. The number of aryl methyl sites for hydroxylation is 1. The second-order valence-electron chi connectivity index (χ2n) is 9.33. The Morgan fingerprint density at radius 1 is 0.829 bits per heavy atom. The van der Waals surface area contributed by atoms with Crippen LogP contribution in [0.25, 0.3) is 0 Å². The molecule has 2 amide bonds. The Kier molecular flexibility index (Phi) is 9.13. The first kappa shape index (κ1) is 25.2. The van der Waals surface area contributed by atoms with E-state index in [1.165, 1.54) is 0 Å². The van der Waals surface area contributed by atoms with Crippen LogP contribution >= 0.6 is 15.9 Å². The smallest absolute Gasteiger partial charge is 0.243 e. The van der Waals surface area contributed by atoms with E-state index in [2.05, 4.69) is 21.2 Å². The molecule has 0 aromatic heterocycles. The third-order valence-electron chi connectivity index (χ3n) is 6.71. The van der Waals surface area contributed by atoms with Gasteiger partial charge in [0.15, 0.2) is 0 Å². The van der Waals surface area contributed by atoms with Gasteiger partial charge in [0.05, 0.1) is 0 Å². The van der Waals surface area contributed by atoms with Gasteiger partial charge < -0.3 is 10.2 Å². The Hall–Kier alpha value is -2.92. The largest absolute Gasteiger partial charge is 0.352 e. The van der Waals surface area contributed by atoms with Crippen molar-refractivity contribution in [1.82, 2.24) is 10.2 Å². The third-order valence-corrected chi connectivity index (χ3v) is 7.24. The van der Waals surface area contributed by atoms with E-state index in [1.807, 2.05) is 84.9 Å². The molecule has 1 saturated carbocycles. The molecule has 0 spiro atoms. The van der Waals surface area contributed by atoms with Crippen LogP contribution in [-0.2, 0) is 29.0 Å². The Morgan fingerprint density at radius 3 is 2.06 bits per heavy atom. The summed E-state index contributed by atoms with van der Waals surface area (Å²) in [4.78, 5) is 29.1. The van der Waals surface area contributed by atoms with Crippen LogP contribution in [0.1, 0.15) is 48.8 Å². The Bertz CT molecular complexity index is 1080. The number of hydrogen-bond acceptors (Lipinski definition) is 2. The molecule has 4 rings (SSSR count). The van der Waals surface area contributed by atoms with Gasteiger partial charge in [0.1, 0.15) is 6.04 Å². The highest BCUT2D eigenvalue weighted by atomic mass is 79.9. The van der Waals surface area contributed by atoms with E-state index in [9.17, 15) is 9.59 Å². The normalized spacial score (nSPS) is 14.4. The summed E-state index contributed by atoms with van der Waals surface area (Å²) in [7, 11) is 0. The molecule has 4 nitrogen and oxygen atoms in total. The van der Waals surface area contributed by atoms with Crippen molar-refractivity contribution >= 4 is 27.7 Å². The van der Waals surface area contributed by atoms with Gasteiger partial charge in [-0.1, -0.05) is 102 Å². The lowest BCUT2D eigenvalue weighted by molar-refractivity contribution is -0.141. The predicted octanol–water partition coefficient (Wildman–Crippen LogP) is 6.08. The van der Waals surface area contributed by atoms with Crippen LogP contribution in [-0.4, -0.2) is 28.8 Å². The first-order chi connectivity index (χ1) is 17.1. The van der Waals surface area contributed by atoms with Gasteiger partial charge in [0.2, 0.25) is 11.8 Å². The number of amides is 2. The van der Waals surface area contributed by atoms with Gasteiger partial charge in [0, 0.05) is 29.9 Å². The van der Waals surface area contributed by atoms with Gasteiger partial charge in [-0.15, -0.1) is 0 Å². The average Bonchev–Trinajstić information content (AvgIpc) is 3.40. The summed E-state index contributed by atoms with van der Waals surface area (Å²) in [6.07, 6.45) is 5.82. The Balaban J connectivity index is 1.60. The van der Waals surface area contributed by atoms with Crippen molar-refractivity contribution in [3.63, 3.8) is 0 Å². The monoisotopic (exact) mass is 532 g/mol. The average molecular weight is 534 g/mol. The molecule has 3 aromatic rings. The first-order valence-electron chi connectivity index (χ1n) is 12.5. The zero-order valence-electron chi connectivity index (χ0n) is 20.0. The van der Waals surface area contributed by atoms with E-state index in [4.69, 9.17) is 0 Å². The fourth-order valence-electron chi connectivity index (χ4n) is 4.75. The summed E-state index contributed by atoms with van der Waals surface area (Å²) >= 11 is 3.49. The van der Waals surface area contributed by atoms with E-state index in [1.54, 1.807) is 4.90 Å². The molecule has 5 heteroatoms. The zero-order valence-corrected chi connectivity index (χ0v) is 21.6. The van der Waals surface area contributed by atoms with Crippen LogP contribution in [0.4, 0.5) is 0 Å². The van der Waals surface area contributed by atoms with E-state index < -0.39 is 6.04 Å². The van der Waals surface area contributed by atoms with Gasteiger partial charge in [-0.2, -0.15) is 0 Å². The number of nitrogens with one attached hydrogen (secondary N) is 1. The standard InChI is InChI=1S/C30H33BrN2O2/c31-26-18-15-25(16-19-26)22-33(29(34)20-17-23-9-3-1-4-10-23)28(21-24-11-5-2-6-12-24)30(35)32-27-13-7-8-14-27/h1-6,9-12,15-16,18-19,27-28H,7-8,13-14,17,20-22H2,(H,32,35). The number of hydrogen-bond donors (Lipinski definition) is 1. The van der Waals surface area contributed by atoms with E-state index in [0.29, 0.717) is 25.8 Å². The van der Waals surface area contributed by atoms with E-state index in [0.717, 1.165) is 46.8 Å². The molecule has 35 heavy (non-hydrogen) atoms. The molecular formula is C30H33BrN2O2. The first-order valence-corrected chi connectivity index (χ1v) is 13.3. The predicted molar refractivity (Wildman–Crippen MR) is 144 cm³/mol. The number of nitrogens with zero attached hydrogens (tertiary/aromatic N) is 1. The second-order valence-corrected chi connectivity index (χ2v) is 10.2. The summed E-state index contributed by atoms with van der Waals surface area (Å²) in [5.74, 6) is -0.0507. The molecule has 1 aliphatic rings. The highest BCUT2D eigenvalue weighted by molar-refractivity contribution is 9.10. The maximum atomic E-state index is 13.7. The van der Waals surface area contributed by atoms with Gasteiger partial charge in [-0.25, -0.2) is 0 Å². The summed E-state index contributed by atoms with van der Waals surface area (Å²) in [5, 5.41) is 3.26. The van der Waals surface area contributed by atoms with Gasteiger partial charge in [-0.3, -0.25) is 9.59 Å². The number of benzene rings is 3. The Morgan fingerprint density at radius 2 is 1.43 bits per heavy atom. The summed E-state index contributed by atoms with van der Waals surface area (Å²) in [6.45, 7) is 0.399. The minimum absolute atomic E-state index is 0.000671.